The first-order valence-electron chi connectivity index (χ1n) is 10.5. The summed E-state index contributed by atoms with van der Waals surface area (Å²) in [5, 5.41) is 24.9. The number of carboxylic acid groups (broad SMARTS) is 1. The number of carboxylic acids is 1. The first-order chi connectivity index (χ1) is 16.5. The summed E-state index contributed by atoms with van der Waals surface area (Å²) < 4.78 is 1.39. The minimum Gasteiger partial charge on any atom is -0.508 e. The Hall–Kier alpha value is -4.91. The highest BCUT2D eigenvalue weighted by Gasteiger charge is 2.27. The minimum atomic E-state index is -1.12. The van der Waals surface area contributed by atoms with Crippen LogP contribution in [-0.2, 0) is 0 Å². The van der Waals surface area contributed by atoms with Gasteiger partial charge in [-0.2, -0.15) is 5.10 Å². The molecular weight excluding hydrogens is 430 g/mol. The van der Waals surface area contributed by atoms with Crippen molar-refractivity contribution >= 4 is 34.2 Å². The van der Waals surface area contributed by atoms with Crippen LogP contribution in [0.4, 0.5) is 11.4 Å². The molecule has 4 aromatic carbocycles. The fourth-order valence-electron chi connectivity index (χ4n) is 3.93. The first kappa shape index (κ1) is 21.0. The van der Waals surface area contributed by atoms with E-state index in [2.05, 4.69) is 5.10 Å². The Labute approximate surface area is 194 Å². The lowest BCUT2D eigenvalue weighted by molar-refractivity contribution is 0.0696. The third-order valence-corrected chi connectivity index (χ3v) is 5.46. The number of aromatic hydroxyl groups is 1. The number of fused-ring (bicyclic) bond motifs is 1. The molecule has 2 N–H and O–H groups in total. The Balaban J connectivity index is 1.74. The monoisotopic (exact) mass is 449 g/mol. The van der Waals surface area contributed by atoms with Crippen LogP contribution in [0.2, 0.25) is 0 Å². The van der Waals surface area contributed by atoms with Gasteiger partial charge in [-0.3, -0.25) is 9.69 Å². The molecule has 1 aromatic heterocycles. The summed E-state index contributed by atoms with van der Waals surface area (Å²) >= 11 is 0. The summed E-state index contributed by atoms with van der Waals surface area (Å²) in [6.07, 6.45) is 0. The van der Waals surface area contributed by atoms with Crippen molar-refractivity contribution in [2.75, 3.05) is 4.90 Å². The summed E-state index contributed by atoms with van der Waals surface area (Å²) in [7, 11) is 0. The van der Waals surface area contributed by atoms with Gasteiger partial charge in [-0.25, -0.2) is 9.48 Å². The Morgan fingerprint density at radius 3 is 1.97 bits per heavy atom. The zero-order chi connectivity index (χ0) is 23.7. The third kappa shape index (κ3) is 3.65. The quantitative estimate of drug-likeness (QED) is 0.374. The van der Waals surface area contributed by atoms with Gasteiger partial charge in [-0.05, 0) is 48.5 Å². The highest BCUT2D eigenvalue weighted by molar-refractivity contribution is 6.16. The maximum absolute atomic E-state index is 14.0. The number of hydrogen-bond acceptors (Lipinski definition) is 4. The van der Waals surface area contributed by atoms with E-state index in [1.807, 2.05) is 60.7 Å². The number of amides is 1. The lowest BCUT2D eigenvalue weighted by Gasteiger charge is -2.22. The normalized spacial score (nSPS) is 10.8. The van der Waals surface area contributed by atoms with E-state index < -0.39 is 5.97 Å². The Morgan fingerprint density at radius 2 is 1.35 bits per heavy atom. The lowest BCUT2D eigenvalue weighted by atomic mass is 10.1. The topological polar surface area (TPSA) is 95.7 Å². The number of benzene rings is 4. The van der Waals surface area contributed by atoms with E-state index in [0.29, 0.717) is 22.3 Å². The van der Waals surface area contributed by atoms with Crippen LogP contribution < -0.4 is 4.90 Å². The average Bonchev–Trinajstić information content (AvgIpc) is 3.24. The highest BCUT2D eigenvalue weighted by Crippen LogP contribution is 2.32. The number of hydrogen-bond donors (Lipinski definition) is 2. The zero-order valence-electron chi connectivity index (χ0n) is 17.9. The highest BCUT2D eigenvalue weighted by atomic mass is 16.4. The van der Waals surface area contributed by atoms with Crippen LogP contribution in [0.15, 0.2) is 103 Å². The molecule has 7 nitrogen and oxygen atoms in total. The molecule has 0 spiro atoms. The summed E-state index contributed by atoms with van der Waals surface area (Å²) in [5.74, 6) is -1.54. The van der Waals surface area contributed by atoms with Gasteiger partial charge in [0.25, 0.3) is 5.91 Å². The predicted molar refractivity (Wildman–Crippen MR) is 129 cm³/mol. The van der Waals surface area contributed by atoms with Gasteiger partial charge in [0, 0.05) is 22.8 Å². The van der Waals surface area contributed by atoms with Gasteiger partial charge in [0.15, 0.2) is 5.69 Å². The van der Waals surface area contributed by atoms with Crippen LogP contribution in [0.1, 0.15) is 20.8 Å². The van der Waals surface area contributed by atoms with E-state index in [1.165, 1.54) is 22.9 Å². The molecule has 0 unspecified atom stereocenters. The van der Waals surface area contributed by atoms with Gasteiger partial charge in [-0.15, -0.1) is 0 Å². The van der Waals surface area contributed by atoms with Crippen molar-refractivity contribution in [3.8, 4) is 11.4 Å². The second kappa shape index (κ2) is 8.55. The zero-order valence-corrected chi connectivity index (χ0v) is 17.9. The second-order valence-corrected chi connectivity index (χ2v) is 7.60. The van der Waals surface area contributed by atoms with Crippen molar-refractivity contribution < 1.29 is 19.8 Å². The molecule has 0 aliphatic carbocycles. The fraction of sp³-hybridized carbons (Fsp3) is 0. The molecule has 0 aliphatic heterocycles. The number of rotatable bonds is 5. The Morgan fingerprint density at radius 1 is 0.765 bits per heavy atom. The lowest BCUT2D eigenvalue weighted by Crippen LogP contribution is -2.26. The van der Waals surface area contributed by atoms with Crippen LogP contribution in [0.5, 0.6) is 5.75 Å². The fourth-order valence-corrected chi connectivity index (χ4v) is 3.93. The predicted octanol–water partition coefficient (Wildman–Crippen LogP) is 5.41. The van der Waals surface area contributed by atoms with Crippen molar-refractivity contribution in [2.24, 2.45) is 0 Å². The molecule has 0 saturated carbocycles. The van der Waals surface area contributed by atoms with Crippen LogP contribution in [0.25, 0.3) is 16.6 Å². The van der Waals surface area contributed by atoms with E-state index in [4.69, 9.17) is 0 Å². The first-order valence-corrected chi connectivity index (χ1v) is 10.5. The maximum Gasteiger partial charge on any atom is 0.337 e. The number of carbonyl (C=O) groups excluding carboxylic acids is 1. The smallest absolute Gasteiger partial charge is 0.337 e. The Kier molecular flexibility index (Phi) is 5.27. The number of phenolic OH excluding ortho intramolecular Hbond substituents is 1. The van der Waals surface area contributed by atoms with E-state index in [0.717, 1.165) is 0 Å². The van der Waals surface area contributed by atoms with Crippen LogP contribution in [0.3, 0.4) is 0 Å². The molecule has 0 fully saturated rings. The van der Waals surface area contributed by atoms with E-state index >= 15 is 0 Å². The molecule has 5 aromatic rings. The number of para-hydroxylation sites is 3. The third-order valence-electron chi connectivity index (χ3n) is 5.46. The molecule has 0 atom stereocenters. The summed E-state index contributed by atoms with van der Waals surface area (Å²) in [4.78, 5) is 27.4. The molecule has 7 heteroatoms. The van der Waals surface area contributed by atoms with Crippen LogP contribution in [0, 0.1) is 0 Å². The van der Waals surface area contributed by atoms with E-state index in [-0.39, 0.29) is 28.6 Å². The molecule has 1 heterocycles. The van der Waals surface area contributed by atoms with Crippen molar-refractivity contribution in [3.05, 3.63) is 114 Å². The van der Waals surface area contributed by atoms with Gasteiger partial charge in [0.05, 0.1) is 16.8 Å². The SMILES string of the molecule is O=C(O)c1ccccc1-n1nc(C(=O)N(c2ccccc2)c2ccccc2)c2ccc(O)cc21. The minimum absolute atomic E-state index is 0.0246. The van der Waals surface area contributed by atoms with Crippen molar-refractivity contribution in [1.29, 1.82) is 0 Å². The van der Waals surface area contributed by atoms with Gasteiger partial charge in [-0.1, -0.05) is 48.5 Å². The average molecular weight is 449 g/mol. The number of phenols is 1. The molecule has 166 valence electrons. The molecule has 5 rings (SSSR count). The van der Waals surface area contributed by atoms with E-state index in [9.17, 15) is 19.8 Å². The van der Waals surface area contributed by atoms with Gasteiger partial charge in [0.1, 0.15) is 5.75 Å². The van der Waals surface area contributed by atoms with Crippen molar-refractivity contribution in [2.45, 2.75) is 0 Å². The second-order valence-electron chi connectivity index (χ2n) is 7.60. The number of nitrogens with zero attached hydrogens (tertiary/aromatic N) is 3. The molecule has 0 radical (unpaired) electrons. The van der Waals surface area contributed by atoms with Crippen LogP contribution in [-0.4, -0.2) is 31.9 Å². The molecule has 0 bridgehead atoms. The standard InChI is InChI=1S/C27H19N3O4/c31-20-15-16-21-24(17-20)30(23-14-8-7-13-22(23)27(33)34)28-25(21)26(32)29(18-9-3-1-4-10-18)19-11-5-2-6-12-19/h1-17,31H,(H,33,34). The van der Waals surface area contributed by atoms with Crippen molar-refractivity contribution in [3.63, 3.8) is 0 Å². The summed E-state index contributed by atoms with van der Waals surface area (Å²) in [5.41, 5.74) is 2.17. The van der Waals surface area contributed by atoms with Gasteiger partial charge >= 0.3 is 5.97 Å². The van der Waals surface area contributed by atoms with E-state index in [1.54, 1.807) is 29.2 Å². The molecule has 1 amide bonds. The molecule has 0 aliphatic rings. The number of anilines is 2. The molecular formula is C27H19N3O4. The number of aromatic nitrogens is 2. The largest absolute Gasteiger partial charge is 0.508 e. The summed E-state index contributed by atoms with van der Waals surface area (Å²) in [6.45, 7) is 0. The number of aromatic carboxylic acids is 1. The maximum atomic E-state index is 14.0. The Bertz CT molecular complexity index is 1470. The summed E-state index contributed by atoms with van der Waals surface area (Å²) in [6, 6.07) is 29.4. The van der Waals surface area contributed by atoms with Gasteiger partial charge < -0.3 is 10.2 Å². The number of carbonyl (C=O) groups is 2. The van der Waals surface area contributed by atoms with Crippen molar-refractivity contribution in [1.82, 2.24) is 9.78 Å². The molecule has 0 saturated heterocycles. The molecule has 34 heavy (non-hydrogen) atoms. The van der Waals surface area contributed by atoms with Gasteiger partial charge in [0.2, 0.25) is 0 Å². The van der Waals surface area contributed by atoms with Crippen LogP contribution >= 0.6 is 0 Å².